The molecule has 3 aromatic heterocycles. The molecule has 194 valence electrons. The first-order valence-corrected chi connectivity index (χ1v) is 14.0. The summed E-state index contributed by atoms with van der Waals surface area (Å²) in [4.78, 5) is 17.1. The fourth-order valence-electron chi connectivity index (χ4n) is 6.30. The second-order valence-electron chi connectivity index (χ2n) is 10.7. The van der Waals surface area contributed by atoms with Crippen LogP contribution in [-0.2, 0) is 7.05 Å². The number of hydrogen-bond acceptors (Lipinski definition) is 2. The lowest BCUT2D eigenvalue weighted by atomic mass is 10.0. The van der Waals surface area contributed by atoms with Gasteiger partial charge in [-0.1, -0.05) is 48.5 Å². The van der Waals surface area contributed by atoms with E-state index in [0.29, 0.717) is 0 Å². The van der Waals surface area contributed by atoms with Crippen LogP contribution >= 0.6 is 0 Å². The van der Waals surface area contributed by atoms with Gasteiger partial charge in [-0.05, 0) is 60.4 Å². The number of aryl methyl sites for hydroxylation is 1. The van der Waals surface area contributed by atoms with Crippen molar-refractivity contribution < 1.29 is 0 Å². The van der Waals surface area contributed by atoms with E-state index in [2.05, 4.69) is 119 Å². The molecule has 5 heteroatoms. The number of nitrogens with zero attached hydrogens (tertiary/aromatic N) is 3. The molecule has 2 N–H and O–H groups in total. The van der Waals surface area contributed by atoms with Gasteiger partial charge >= 0.3 is 0 Å². The zero-order chi connectivity index (χ0) is 26.6. The number of fused-ring (bicyclic) bond motifs is 10. The second-order valence-corrected chi connectivity index (χ2v) is 10.7. The standard InChI is InChI=1S/C35H29N5/c1-40-32-14-12-22-18-26(32)27-19-23(13-15-33(27)40)35-29(25-9-3-5-11-31(25)39-35)21-37-17-7-6-16-36-20-28-24-8-2-4-10-30(24)38-34(22)28/h2-5,8-15,18-21,38-39H,6-7,16-17H2,1H3. The molecule has 4 bridgehead atoms. The predicted molar refractivity (Wildman–Crippen MR) is 169 cm³/mol. The first kappa shape index (κ1) is 23.0. The van der Waals surface area contributed by atoms with E-state index in [1.807, 2.05) is 0 Å². The number of aromatic amines is 2. The van der Waals surface area contributed by atoms with Crippen molar-refractivity contribution in [1.82, 2.24) is 14.5 Å². The van der Waals surface area contributed by atoms with Gasteiger partial charge < -0.3 is 14.5 Å². The van der Waals surface area contributed by atoms with Gasteiger partial charge in [0.05, 0.1) is 11.4 Å². The van der Waals surface area contributed by atoms with Crippen LogP contribution in [0.5, 0.6) is 0 Å². The normalized spacial score (nSPS) is 14.0. The van der Waals surface area contributed by atoms with Gasteiger partial charge in [0.1, 0.15) is 0 Å². The number of aromatic nitrogens is 3. The molecule has 7 aromatic rings. The average molecular weight is 520 g/mol. The van der Waals surface area contributed by atoms with E-state index in [4.69, 9.17) is 9.98 Å². The molecule has 0 unspecified atom stereocenters. The minimum absolute atomic E-state index is 0.787. The summed E-state index contributed by atoms with van der Waals surface area (Å²) in [6.45, 7) is 1.57. The van der Waals surface area contributed by atoms with Gasteiger partial charge in [0, 0.05) is 87.3 Å². The fourth-order valence-corrected chi connectivity index (χ4v) is 6.30. The lowest BCUT2D eigenvalue weighted by Gasteiger charge is -2.05. The molecular formula is C35H29N5. The molecule has 0 saturated heterocycles. The quantitative estimate of drug-likeness (QED) is 0.203. The van der Waals surface area contributed by atoms with Crippen molar-refractivity contribution in [2.45, 2.75) is 12.8 Å². The number of aliphatic imine (C=N–C) groups is 2. The van der Waals surface area contributed by atoms with Gasteiger partial charge in [-0.3, -0.25) is 9.98 Å². The largest absolute Gasteiger partial charge is 0.354 e. The zero-order valence-electron chi connectivity index (χ0n) is 22.4. The third-order valence-electron chi connectivity index (χ3n) is 8.34. The number of hydrogen-bond donors (Lipinski definition) is 2. The van der Waals surface area contributed by atoms with E-state index in [1.165, 1.54) is 43.7 Å². The van der Waals surface area contributed by atoms with Crippen molar-refractivity contribution in [1.29, 1.82) is 0 Å². The lowest BCUT2D eigenvalue weighted by Crippen LogP contribution is -1.91. The Balaban J connectivity index is 1.41. The van der Waals surface area contributed by atoms with Crippen LogP contribution in [0.1, 0.15) is 24.0 Å². The van der Waals surface area contributed by atoms with Gasteiger partial charge in [-0.25, -0.2) is 0 Å². The van der Waals surface area contributed by atoms with E-state index in [0.717, 1.165) is 59.5 Å². The maximum atomic E-state index is 4.86. The Morgan fingerprint density at radius 1 is 0.575 bits per heavy atom. The molecule has 1 aliphatic heterocycles. The smallest absolute Gasteiger partial charge is 0.0554 e. The molecule has 4 heterocycles. The predicted octanol–water partition coefficient (Wildman–Crippen LogP) is 8.26. The van der Waals surface area contributed by atoms with E-state index in [1.54, 1.807) is 0 Å². The summed E-state index contributed by atoms with van der Waals surface area (Å²) in [7, 11) is 2.15. The van der Waals surface area contributed by atoms with Crippen LogP contribution in [0.2, 0.25) is 0 Å². The van der Waals surface area contributed by atoms with Gasteiger partial charge in [0.15, 0.2) is 0 Å². The molecule has 40 heavy (non-hydrogen) atoms. The van der Waals surface area contributed by atoms with Crippen LogP contribution in [-0.4, -0.2) is 40.1 Å². The van der Waals surface area contributed by atoms with Crippen molar-refractivity contribution in [3.8, 4) is 22.5 Å². The van der Waals surface area contributed by atoms with E-state index in [-0.39, 0.29) is 0 Å². The molecule has 0 radical (unpaired) electrons. The molecule has 4 aromatic carbocycles. The van der Waals surface area contributed by atoms with Crippen molar-refractivity contribution >= 4 is 56.0 Å². The molecular weight excluding hydrogens is 490 g/mol. The third kappa shape index (κ3) is 3.54. The van der Waals surface area contributed by atoms with E-state index < -0.39 is 0 Å². The molecule has 8 rings (SSSR count). The summed E-state index contributed by atoms with van der Waals surface area (Å²) in [6.07, 6.45) is 6.12. The molecule has 0 amide bonds. The number of nitrogens with one attached hydrogen (secondary N) is 2. The highest BCUT2D eigenvalue weighted by atomic mass is 14.9. The van der Waals surface area contributed by atoms with Crippen LogP contribution in [0.25, 0.3) is 66.1 Å². The molecule has 0 fully saturated rings. The van der Waals surface area contributed by atoms with Gasteiger partial charge in [0.2, 0.25) is 0 Å². The lowest BCUT2D eigenvalue weighted by molar-refractivity contribution is 0.760. The monoisotopic (exact) mass is 519 g/mol. The number of H-pyrrole nitrogens is 2. The third-order valence-corrected chi connectivity index (χ3v) is 8.34. The maximum absolute atomic E-state index is 4.86. The summed E-state index contributed by atoms with van der Waals surface area (Å²) >= 11 is 0. The maximum Gasteiger partial charge on any atom is 0.0554 e. The van der Waals surface area contributed by atoms with E-state index >= 15 is 0 Å². The molecule has 5 nitrogen and oxygen atoms in total. The Bertz CT molecular complexity index is 1980. The highest BCUT2D eigenvalue weighted by Gasteiger charge is 2.17. The summed E-state index contributed by atoms with van der Waals surface area (Å²) in [5.74, 6) is 0. The van der Waals surface area contributed by atoms with Crippen LogP contribution in [0.15, 0.2) is 94.9 Å². The van der Waals surface area contributed by atoms with E-state index in [9.17, 15) is 0 Å². The average Bonchev–Trinajstić information content (AvgIpc) is 3.64. The molecule has 0 spiro atoms. The van der Waals surface area contributed by atoms with Crippen LogP contribution in [0.4, 0.5) is 0 Å². The first-order chi connectivity index (χ1) is 19.8. The van der Waals surface area contributed by atoms with Crippen molar-refractivity contribution in [2.75, 3.05) is 13.1 Å². The Morgan fingerprint density at radius 2 is 1.05 bits per heavy atom. The fraction of sp³-hybridized carbons (Fsp3) is 0.143. The van der Waals surface area contributed by atoms with Crippen LogP contribution < -0.4 is 0 Å². The van der Waals surface area contributed by atoms with Crippen molar-refractivity contribution in [3.05, 3.63) is 96.1 Å². The minimum atomic E-state index is 0.787. The second kappa shape index (κ2) is 9.09. The van der Waals surface area contributed by atoms with Crippen LogP contribution in [0.3, 0.4) is 0 Å². The number of benzene rings is 4. The van der Waals surface area contributed by atoms with Gasteiger partial charge in [-0.2, -0.15) is 0 Å². The zero-order valence-corrected chi connectivity index (χ0v) is 22.4. The summed E-state index contributed by atoms with van der Waals surface area (Å²) in [5.41, 5.74) is 11.6. The molecule has 1 aliphatic rings. The molecule has 0 aliphatic carbocycles. The summed E-state index contributed by atoms with van der Waals surface area (Å²) in [5, 5.41) is 4.88. The topological polar surface area (TPSA) is 61.2 Å². The first-order valence-electron chi connectivity index (χ1n) is 14.0. The minimum Gasteiger partial charge on any atom is -0.354 e. The van der Waals surface area contributed by atoms with Gasteiger partial charge in [0.25, 0.3) is 0 Å². The Hall–Kier alpha value is -4.90. The van der Waals surface area contributed by atoms with Crippen molar-refractivity contribution in [2.24, 2.45) is 17.0 Å². The molecule has 0 atom stereocenters. The van der Waals surface area contributed by atoms with Gasteiger partial charge in [-0.15, -0.1) is 0 Å². The number of rotatable bonds is 0. The SMILES string of the molecule is Cn1c2ccc3cc2c2cc(ccc21)-c1[nH]c2ccccc2c1C=NCCCCN=Cc1c-3[nH]c2ccccc12. The highest BCUT2D eigenvalue weighted by molar-refractivity contribution is 6.13. The summed E-state index contributed by atoms with van der Waals surface area (Å²) < 4.78 is 2.29. The number of para-hydroxylation sites is 2. The summed E-state index contributed by atoms with van der Waals surface area (Å²) in [6, 6.07) is 30.6. The molecule has 0 saturated carbocycles. The highest BCUT2D eigenvalue weighted by Crippen LogP contribution is 2.37. The van der Waals surface area contributed by atoms with Crippen LogP contribution in [0, 0.1) is 0 Å². The Kier molecular flexibility index (Phi) is 5.23. The Labute approximate surface area is 231 Å². The Morgan fingerprint density at radius 3 is 1.55 bits per heavy atom. The van der Waals surface area contributed by atoms with Crippen molar-refractivity contribution in [3.63, 3.8) is 0 Å².